The first kappa shape index (κ1) is 13.0. The van der Waals surface area contributed by atoms with Gasteiger partial charge in [-0.3, -0.25) is 9.88 Å². The summed E-state index contributed by atoms with van der Waals surface area (Å²) in [6.45, 7) is 2.35. The zero-order valence-corrected chi connectivity index (χ0v) is 12.1. The predicted octanol–water partition coefficient (Wildman–Crippen LogP) is 3.07. The summed E-state index contributed by atoms with van der Waals surface area (Å²) in [5.41, 5.74) is 0.963. The highest BCUT2D eigenvalue weighted by Gasteiger charge is 2.33. The lowest BCUT2D eigenvalue weighted by molar-refractivity contribution is 0.113. The lowest BCUT2D eigenvalue weighted by atomic mass is 10.0. The Morgan fingerprint density at radius 1 is 1.14 bits per heavy atom. The van der Waals surface area contributed by atoms with E-state index in [0.29, 0.717) is 11.9 Å². The fraction of sp³-hybridized carbons (Fsp3) is 0.562. The molecule has 110 valence electrons. The van der Waals surface area contributed by atoms with E-state index in [1.54, 1.807) is 12.4 Å². The average molecular weight is 284 g/mol. The molecule has 5 heteroatoms. The molecule has 0 aromatic carbocycles. The van der Waals surface area contributed by atoms with E-state index in [1.165, 1.54) is 32.2 Å². The van der Waals surface area contributed by atoms with Crippen LogP contribution in [0.15, 0.2) is 29.0 Å². The van der Waals surface area contributed by atoms with Gasteiger partial charge in [-0.15, -0.1) is 0 Å². The third kappa shape index (κ3) is 2.83. The Labute approximate surface area is 124 Å². The second kappa shape index (κ2) is 5.56. The van der Waals surface area contributed by atoms with Gasteiger partial charge in [0.25, 0.3) is 0 Å². The van der Waals surface area contributed by atoms with E-state index in [4.69, 9.17) is 4.52 Å². The molecular formula is C16H20N4O. The van der Waals surface area contributed by atoms with Crippen LogP contribution in [-0.4, -0.2) is 33.1 Å². The van der Waals surface area contributed by atoms with Crippen molar-refractivity contribution in [3.05, 3.63) is 30.4 Å². The largest absolute Gasteiger partial charge is 0.337 e. The van der Waals surface area contributed by atoms with E-state index in [2.05, 4.69) is 20.0 Å². The highest BCUT2D eigenvalue weighted by Crippen LogP contribution is 2.36. The Morgan fingerprint density at radius 3 is 2.81 bits per heavy atom. The molecule has 1 saturated heterocycles. The third-order valence-corrected chi connectivity index (χ3v) is 4.47. The zero-order valence-electron chi connectivity index (χ0n) is 12.1. The van der Waals surface area contributed by atoms with Crippen LogP contribution in [0.1, 0.15) is 44.0 Å². The maximum atomic E-state index is 5.57. The summed E-state index contributed by atoms with van der Waals surface area (Å²) in [5.74, 6) is 2.35. The first-order valence-electron chi connectivity index (χ1n) is 7.88. The van der Waals surface area contributed by atoms with Gasteiger partial charge >= 0.3 is 0 Å². The van der Waals surface area contributed by atoms with Crippen molar-refractivity contribution in [1.29, 1.82) is 0 Å². The molecule has 4 rings (SSSR count). The van der Waals surface area contributed by atoms with Gasteiger partial charge in [0.15, 0.2) is 0 Å². The fourth-order valence-corrected chi connectivity index (χ4v) is 3.11. The van der Waals surface area contributed by atoms with Gasteiger partial charge in [0, 0.05) is 24.5 Å². The van der Waals surface area contributed by atoms with Crippen LogP contribution in [0.3, 0.4) is 0 Å². The number of hydrogen-bond donors (Lipinski definition) is 0. The van der Waals surface area contributed by atoms with E-state index in [9.17, 15) is 0 Å². The van der Waals surface area contributed by atoms with Crippen LogP contribution in [-0.2, 0) is 0 Å². The van der Waals surface area contributed by atoms with Crippen molar-refractivity contribution in [1.82, 2.24) is 20.0 Å². The molecule has 0 spiro atoms. The SMILES string of the molecule is c1cc(-c2noc([C@@H]3CCCCN3CC3CC3)n2)ccn1. The summed E-state index contributed by atoms with van der Waals surface area (Å²) in [7, 11) is 0. The topological polar surface area (TPSA) is 55.1 Å². The molecular weight excluding hydrogens is 264 g/mol. The molecule has 2 aromatic rings. The van der Waals surface area contributed by atoms with Crippen molar-refractivity contribution < 1.29 is 4.52 Å². The molecule has 0 radical (unpaired) electrons. The second-order valence-corrected chi connectivity index (χ2v) is 6.14. The van der Waals surface area contributed by atoms with E-state index < -0.39 is 0 Å². The second-order valence-electron chi connectivity index (χ2n) is 6.14. The molecule has 5 nitrogen and oxygen atoms in total. The van der Waals surface area contributed by atoms with Gasteiger partial charge in [-0.05, 0) is 50.3 Å². The number of likely N-dealkylation sites (tertiary alicyclic amines) is 1. The summed E-state index contributed by atoms with van der Waals surface area (Å²) in [5, 5.41) is 4.15. The minimum Gasteiger partial charge on any atom is -0.337 e. The van der Waals surface area contributed by atoms with Crippen molar-refractivity contribution >= 4 is 0 Å². The summed E-state index contributed by atoms with van der Waals surface area (Å²) < 4.78 is 5.57. The quantitative estimate of drug-likeness (QED) is 0.863. The molecule has 1 saturated carbocycles. The van der Waals surface area contributed by atoms with Crippen molar-refractivity contribution in [2.24, 2.45) is 5.92 Å². The lowest BCUT2D eigenvalue weighted by Gasteiger charge is -2.33. The van der Waals surface area contributed by atoms with Crippen LogP contribution in [0, 0.1) is 5.92 Å². The standard InChI is InChI=1S/C16H20N4O/c1-2-10-20(11-12-4-5-12)14(3-1)16-18-15(19-21-16)13-6-8-17-9-7-13/h6-9,12,14H,1-5,10-11H2/t14-/m0/s1. The van der Waals surface area contributed by atoms with E-state index in [-0.39, 0.29) is 0 Å². The zero-order chi connectivity index (χ0) is 14.1. The molecule has 21 heavy (non-hydrogen) atoms. The van der Waals surface area contributed by atoms with Gasteiger partial charge < -0.3 is 4.52 Å². The molecule has 2 aromatic heterocycles. The average Bonchev–Trinajstić information content (AvgIpc) is 3.22. The van der Waals surface area contributed by atoms with Crippen LogP contribution in [0.5, 0.6) is 0 Å². The predicted molar refractivity (Wildman–Crippen MR) is 78.4 cm³/mol. The van der Waals surface area contributed by atoms with E-state index >= 15 is 0 Å². The first-order valence-corrected chi connectivity index (χ1v) is 7.88. The molecule has 3 heterocycles. The number of piperidine rings is 1. The maximum Gasteiger partial charge on any atom is 0.244 e. The van der Waals surface area contributed by atoms with Gasteiger partial charge in [0.05, 0.1) is 6.04 Å². The number of rotatable bonds is 4. The molecule has 1 aliphatic carbocycles. The van der Waals surface area contributed by atoms with Crippen LogP contribution in [0.2, 0.25) is 0 Å². The van der Waals surface area contributed by atoms with Crippen molar-refractivity contribution in [3.63, 3.8) is 0 Å². The molecule has 1 aliphatic heterocycles. The summed E-state index contributed by atoms with van der Waals surface area (Å²) in [6, 6.07) is 4.14. The van der Waals surface area contributed by atoms with Crippen LogP contribution < -0.4 is 0 Å². The number of aromatic nitrogens is 3. The first-order chi connectivity index (χ1) is 10.4. The van der Waals surface area contributed by atoms with Crippen LogP contribution in [0.25, 0.3) is 11.4 Å². The summed E-state index contributed by atoms with van der Waals surface area (Å²) >= 11 is 0. The van der Waals surface area contributed by atoms with E-state index in [1.807, 2.05) is 12.1 Å². The Balaban J connectivity index is 1.55. The molecule has 2 aliphatic rings. The minimum atomic E-state index is 0.308. The van der Waals surface area contributed by atoms with Crippen molar-refractivity contribution in [2.45, 2.75) is 38.1 Å². The minimum absolute atomic E-state index is 0.308. The van der Waals surface area contributed by atoms with Crippen LogP contribution >= 0.6 is 0 Å². The Bertz CT molecular complexity index is 593. The summed E-state index contributed by atoms with van der Waals surface area (Å²) in [6.07, 6.45) is 9.94. The van der Waals surface area contributed by atoms with Crippen LogP contribution in [0.4, 0.5) is 0 Å². The highest BCUT2D eigenvalue weighted by molar-refractivity contribution is 5.52. The number of nitrogens with zero attached hydrogens (tertiary/aromatic N) is 4. The van der Waals surface area contributed by atoms with Gasteiger partial charge in [-0.25, -0.2) is 0 Å². The monoisotopic (exact) mass is 284 g/mol. The normalized spacial score (nSPS) is 23.3. The molecule has 0 unspecified atom stereocenters. The Morgan fingerprint density at radius 2 is 2.00 bits per heavy atom. The fourth-order valence-electron chi connectivity index (χ4n) is 3.11. The molecule has 0 N–H and O–H groups in total. The Kier molecular flexibility index (Phi) is 3.43. The molecule has 0 amide bonds. The summed E-state index contributed by atoms with van der Waals surface area (Å²) in [4.78, 5) is 11.2. The highest BCUT2D eigenvalue weighted by atomic mass is 16.5. The van der Waals surface area contributed by atoms with E-state index in [0.717, 1.165) is 30.3 Å². The van der Waals surface area contributed by atoms with Crippen molar-refractivity contribution in [2.75, 3.05) is 13.1 Å². The number of pyridine rings is 1. The number of hydrogen-bond acceptors (Lipinski definition) is 5. The maximum absolute atomic E-state index is 5.57. The molecule has 2 fully saturated rings. The van der Waals surface area contributed by atoms with Gasteiger partial charge in [0.1, 0.15) is 0 Å². The molecule has 0 bridgehead atoms. The lowest BCUT2D eigenvalue weighted by Crippen LogP contribution is -2.35. The Hall–Kier alpha value is -1.75. The van der Waals surface area contributed by atoms with Gasteiger partial charge in [0.2, 0.25) is 11.7 Å². The van der Waals surface area contributed by atoms with Gasteiger partial charge in [-0.2, -0.15) is 4.98 Å². The molecule has 1 atom stereocenters. The smallest absolute Gasteiger partial charge is 0.244 e. The van der Waals surface area contributed by atoms with Gasteiger partial charge in [-0.1, -0.05) is 11.6 Å². The third-order valence-electron chi connectivity index (χ3n) is 4.47. The van der Waals surface area contributed by atoms with Crippen molar-refractivity contribution in [3.8, 4) is 11.4 Å².